The molecular weight excluding hydrogens is 414 g/mol. The number of aromatic amines is 1. The minimum atomic E-state index is -0.961. The van der Waals surface area contributed by atoms with Gasteiger partial charge in [0, 0.05) is 0 Å². The Bertz CT molecular complexity index is 1100. The number of hydrogen-bond acceptors (Lipinski definition) is 5. The van der Waals surface area contributed by atoms with Crippen LogP contribution in [-0.4, -0.2) is 45.7 Å². The first-order valence-electron chi connectivity index (χ1n) is 9.99. The average molecular weight is 438 g/mol. The number of hydrogen-bond donors (Lipinski definition) is 4. The van der Waals surface area contributed by atoms with Gasteiger partial charge in [0.2, 0.25) is 11.8 Å². The molecule has 0 saturated heterocycles. The number of amides is 3. The molecule has 4 N–H and O–H groups in total. The number of imidazole rings is 1. The second-order valence-electron chi connectivity index (χ2n) is 7.31. The lowest BCUT2D eigenvalue weighted by atomic mass is 10.1. The first-order valence-corrected chi connectivity index (χ1v) is 11.4. The van der Waals surface area contributed by atoms with Gasteiger partial charge < -0.3 is 20.9 Å². The maximum atomic E-state index is 12.8. The summed E-state index contributed by atoms with van der Waals surface area (Å²) in [5, 5.41) is 8.35. The predicted molar refractivity (Wildman–Crippen MR) is 121 cm³/mol. The van der Waals surface area contributed by atoms with Crippen molar-refractivity contribution in [3.8, 4) is 0 Å². The summed E-state index contributed by atoms with van der Waals surface area (Å²) >= 11 is 1.68. The summed E-state index contributed by atoms with van der Waals surface area (Å²) in [5.41, 5.74) is 2.54. The summed E-state index contributed by atoms with van der Waals surface area (Å²) in [5.74, 6) is 0.363. The largest absolute Gasteiger partial charge is 0.346 e. The van der Waals surface area contributed by atoms with Crippen molar-refractivity contribution in [1.82, 2.24) is 20.6 Å². The number of H-pyrrole nitrogens is 1. The molecule has 1 aliphatic heterocycles. The fourth-order valence-corrected chi connectivity index (χ4v) is 4.02. The van der Waals surface area contributed by atoms with Crippen LogP contribution in [0.1, 0.15) is 35.1 Å². The fraction of sp³-hybridized carbons (Fsp3) is 0.273. The van der Waals surface area contributed by atoms with Crippen LogP contribution in [0.2, 0.25) is 0 Å². The summed E-state index contributed by atoms with van der Waals surface area (Å²) in [7, 11) is 0. The number of carbonyl (C=O) groups excluding carboxylic acids is 3. The van der Waals surface area contributed by atoms with Crippen molar-refractivity contribution in [2.45, 2.75) is 24.9 Å². The third-order valence-corrected chi connectivity index (χ3v) is 5.77. The lowest BCUT2D eigenvalue weighted by molar-refractivity contribution is -0.126. The van der Waals surface area contributed by atoms with Gasteiger partial charge in [-0.3, -0.25) is 14.4 Å². The zero-order valence-corrected chi connectivity index (χ0v) is 17.8. The fourth-order valence-electron chi connectivity index (χ4n) is 3.54. The first kappa shape index (κ1) is 20.9. The second-order valence-corrected chi connectivity index (χ2v) is 8.29. The third kappa shape index (κ3) is 4.72. The van der Waals surface area contributed by atoms with Gasteiger partial charge in [-0.15, -0.1) is 0 Å². The van der Waals surface area contributed by atoms with Gasteiger partial charge in [-0.1, -0.05) is 24.3 Å². The Morgan fingerprint density at radius 1 is 1.16 bits per heavy atom. The Labute approximate surface area is 183 Å². The number of fused-ring (bicyclic) bond motifs is 2. The molecule has 0 aliphatic carbocycles. The topological polar surface area (TPSA) is 116 Å². The molecule has 4 rings (SSSR count). The molecule has 160 valence electrons. The molecule has 8 nitrogen and oxygen atoms in total. The summed E-state index contributed by atoms with van der Waals surface area (Å²) < 4.78 is 0. The molecule has 0 bridgehead atoms. The minimum absolute atomic E-state index is 0.165. The van der Waals surface area contributed by atoms with Crippen molar-refractivity contribution >= 4 is 46.2 Å². The van der Waals surface area contributed by atoms with E-state index in [0.29, 0.717) is 23.5 Å². The van der Waals surface area contributed by atoms with Crippen LogP contribution in [0.5, 0.6) is 0 Å². The van der Waals surface area contributed by atoms with Gasteiger partial charge in [0.1, 0.15) is 11.9 Å². The number of para-hydroxylation sites is 3. The Kier molecular flexibility index (Phi) is 6.22. The Balaban J connectivity index is 1.47. The van der Waals surface area contributed by atoms with E-state index >= 15 is 0 Å². The van der Waals surface area contributed by atoms with E-state index in [9.17, 15) is 14.4 Å². The highest BCUT2D eigenvalue weighted by atomic mass is 32.2. The van der Waals surface area contributed by atoms with E-state index in [4.69, 9.17) is 0 Å². The highest BCUT2D eigenvalue weighted by molar-refractivity contribution is 7.98. The second kappa shape index (κ2) is 9.22. The number of aromatic nitrogens is 2. The zero-order chi connectivity index (χ0) is 21.8. The van der Waals surface area contributed by atoms with Gasteiger partial charge in [-0.05, 0) is 42.7 Å². The molecule has 0 unspecified atom stereocenters. The highest BCUT2D eigenvalue weighted by Crippen LogP contribution is 2.21. The lowest BCUT2D eigenvalue weighted by Gasteiger charge is -2.19. The molecule has 1 aromatic heterocycles. The van der Waals surface area contributed by atoms with Crippen LogP contribution in [0.3, 0.4) is 0 Å². The molecule has 2 aromatic carbocycles. The monoisotopic (exact) mass is 437 g/mol. The van der Waals surface area contributed by atoms with Crippen molar-refractivity contribution in [1.29, 1.82) is 0 Å². The Morgan fingerprint density at radius 3 is 2.74 bits per heavy atom. The molecule has 3 amide bonds. The average Bonchev–Trinajstić information content (AvgIpc) is 3.16. The normalized spacial score (nSPS) is 16.7. The van der Waals surface area contributed by atoms with E-state index in [1.165, 1.54) is 0 Å². The number of anilines is 1. The molecule has 0 fully saturated rings. The molecule has 0 radical (unpaired) electrons. The predicted octanol–water partition coefficient (Wildman–Crippen LogP) is 2.61. The number of carbonyl (C=O) groups is 3. The summed E-state index contributed by atoms with van der Waals surface area (Å²) in [6, 6.07) is 13.1. The number of benzene rings is 2. The van der Waals surface area contributed by atoms with Gasteiger partial charge in [0.05, 0.1) is 34.7 Å². The van der Waals surface area contributed by atoms with Crippen molar-refractivity contribution in [2.75, 3.05) is 17.3 Å². The van der Waals surface area contributed by atoms with E-state index in [0.717, 1.165) is 16.8 Å². The van der Waals surface area contributed by atoms with E-state index in [2.05, 4.69) is 25.9 Å². The highest BCUT2D eigenvalue weighted by Gasteiger charge is 2.30. The zero-order valence-electron chi connectivity index (χ0n) is 17.0. The van der Waals surface area contributed by atoms with Crippen molar-refractivity contribution < 1.29 is 14.4 Å². The van der Waals surface area contributed by atoms with Crippen LogP contribution in [0.15, 0.2) is 48.5 Å². The lowest BCUT2D eigenvalue weighted by Crippen LogP contribution is -2.45. The maximum absolute atomic E-state index is 12.8. The number of nitrogens with zero attached hydrogens (tertiary/aromatic N) is 1. The first-order chi connectivity index (χ1) is 15.0. The summed E-state index contributed by atoms with van der Waals surface area (Å²) in [6.07, 6.45) is 2.52. The third-order valence-electron chi connectivity index (χ3n) is 5.12. The van der Waals surface area contributed by atoms with E-state index in [1.54, 1.807) is 36.0 Å². The smallest absolute Gasteiger partial charge is 0.254 e. The van der Waals surface area contributed by atoms with Crippen LogP contribution < -0.4 is 16.0 Å². The van der Waals surface area contributed by atoms with Crippen LogP contribution in [0, 0.1) is 0 Å². The molecule has 2 heterocycles. The van der Waals surface area contributed by atoms with Gasteiger partial charge in [0.15, 0.2) is 0 Å². The Morgan fingerprint density at radius 2 is 1.94 bits per heavy atom. The van der Waals surface area contributed by atoms with E-state index < -0.39 is 11.9 Å². The molecule has 0 saturated carbocycles. The van der Waals surface area contributed by atoms with Crippen molar-refractivity contribution in [3.05, 3.63) is 59.9 Å². The van der Waals surface area contributed by atoms with Crippen molar-refractivity contribution in [2.24, 2.45) is 0 Å². The molecule has 3 aromatic rings. The van der Waals surface area contributed by atoms with Crippen LogP contribution in [0.25, 0.3) is 11.0 Å². The van der Waals surface area contributed by atoms with Crippen LogP contribution in [0.4, 0.5) is 5.69 Å². The SMILES string of the molecule is CSCC[C@@H](NC(=O)C[C@@H]1NC(=O)c2ccccc2NC1=O)c1nc2ccccc2[nH]1. The van der Waals surface area contributed by atoms with Crippen LogP contribution >= 0.6 is 11.8 Å². The maximum Gasteiger partial charge on any atom is 0.254 e. The standard InChI is InChI=1S/C22H23N5O3S/c1-31-11-10-17(20-24-15-8-4-5-9-16(15)25-20)23-19(28)12-18-22(30)26-14-7-3-2-6-13(14)21(29)27-18/h2-9,17-18H,10-12H2,1H3,(H,23,28)(H,24,25)(H,26,30)(H,27,29)/t17-,18+/m1/s1. The molecular formula is C22H23N5O3S. The number of thioether (sulfide) groups is 1. The van der Waals surface area contributed by atoms with Gasteiger partial charge >= 0.3 is 0 Å². The van der Waals surface area contributed by atoms with E-state index in [1.807, 2.05) is 30.5 Å². The molecule has 1 aliphatic rings. The van der Waals surface area contributed by atoms with Gasteiger partial charge in [-0.2, -0.15) is 11.8 Å². The van der Waals surface area contributed by atoms with E-state index in [-0.39, 0.29) is 24.3 Å². The van der Waals surface area contributed by atoms with Gasteiger partial charge in [-0.25, -0.2) is 4.98 Å². The Hall–Kier alpha value is -3.33. The number of rotatable bonds is 7. The minimum Gasteiger partial charge on any atom is -0.346 e. The molecule has 2 atom stereocenters. The van der Waals surface area contributed by atoms with Crippen LogP contribution in [-0.2, 0) is 9.59 Å². The quantitative estimate of drug-likeness (QED) is 0.453. The van der Waals surface area contributed by atoms with Gasteiger partial charge in [0.25, 0.3) is 5.91 Å². The summed E-state index contributed by atoms with van der Waals surface area (Å²) in [4.78, 5) is 45.7. The van der Waals surface area contributed by atoms with Crippen molar-refractivity contribution in [3.63, 3.8) is 0 Å². The summed E-state index contributed by atoms with van der Waals surface area (Å²) in [6.45, 7) is 0. The molecule has 0 spiro atoms. The molecule has 31 heavy (non-hydrogen) atoms. The number of nitrogens with one attached hydrogen (secondary N) is 4. The molecule has 9 heteroatoms.